The van der Waals surface area contributed by atoms with Crippen LogP contribution >= 0.6 is 0 Å². The van der Waals surface area contributed by atoms with Gasteiger partial charge in [-0.05, 0) is 121 Å². The van der Waals surface area contributed by atoms with Gasteiger partial charge in [0.05, 0.1) is 22.7 Å². The fourth-order valence-corrected chi connectivity index (χ4v) is 9.05. The Hall–Kier alpha value is -9.78. The number of benzene rings is 11. The smallest absolute Gasteiger partial charge is 0.131 e. The topological polar surface area (TPSA) is 31.4 Å². The van der Waals surface area contributed by atoms with Crippen molar-refractivity contribution in [2.75, 3.05) is 19.6 Å². The molecule has 346 valence electrons. The second-order valence-electron chi connectivity index (χ2n) is 17.1. The van der Waals surface area contributed by atoms with Gasteiger partial charge in [0.2, 0.25) is 0 Å². The highest BCUT2D eigenvalue weighted by molar-refractivity contribution is 5.86. The standard InChI is InChI=1S/C66H50N4O2/c1-9-26-51(27-10-1)67(52-28-11-2-12-29-52)59-44-60(68(53-30-13-3-14-31-53)54-32-15-4-16-33-54)49-66(48-59)72-64-43-25-40-58(46-64)70(57-38-21-7-22-39-57)62-45-61(47-65(50-62)71-63-41-23-8-24-42-63)69(55-34-17-5-18-35-55)56-36-19-6-20-37-56/h1-50H. The Kier molecular flexibility index (Phi) is 13.2. The zero-order valence-electron chi connectivity index (χ0n) is 39.5. The molecule has 72 heavy (non-hydrogen) atoms. The molecule has 0 aliphatic carbocycles. The lowest BCUT2D eigenvalue weighted by Gasteiger charge is -2.30. The number of para-hydroxylation sites is 8. The summed E-state index contributed by atoms with van der Waals surface area (Å²) in [4.78, 5) is 9.06. The quantitative estimate of drug-likeness (QED) is 0.0960. The molecule has 0 aliphatic rings. The summed E-state index contributed by atoms with van der Waals surface area (Å²) in [6, 6.07) is 104. The molecular formula is C66H50N4O2. The van der Waals surface area contributed by atoms with Gasteiger partial charge >= 0.3 is 0 Å². The van der Waals surface area contributed by atoms with E-state index in [9.17, 15) is 0 Å². The fourth-order valence-electron chi connectivity index (χ4n) is 9.05. The molecule has 0 spiro atoms. The van der Waals surface area contributed by atoms with Crippen molar-refractivity contribution in [2.45, 2.75) is 0 Å². The van der Waals surface area contributed by atoms with Crippen molar-refractivity contribution < 1.29 is 9.47 Å². The van der Waals surface area contributed by atoms with Gasteiger partial charge in [-0.1, -0.05) is 152 Å². The molecule has 0 bridgehead atoms. The second kappa shape index (κ2) is 21.2. The number of anilines is 12. The lowest BCUT2D eigenvalue weighted by molar-refractivity contribution is 0.483. The molecule has 0 saturated heterocycles. The molecule has 0 saturated carbocycles. The Bertz CT molecular complexity index is 3240. The first-order chi connectivity index (χ1) is 35.7. The van der Waals surface area contributed by atoms with Gasteiger partial charge in [-0.15, -0.1) is 0 Å². The van der Waals surface area contributed by atoms with Crippen molar-refractivity contribution in [1.82, 2.24) is 0 Å². The Morgan fingerprint density at radius 3 is 0.653 bits per heavy atom. The van der Waals surface area contributed by atoms with Gasteiger partial charge in [0, 0.05) is 75.8 Å². The van der Waals surface area contributed by atoms with Crippen LogP contribution in [-0.2, 0) is 0 Å². The second-order valence-corrected chi connectivity index (χ2v) is 17.1. The number of hydrogen-bond donors (Lipinski definition) is 0. The summed E-state index contributed by atoms with van der Waals surface area (Å²) in [5.74, 6) is 2.76. The highest BCUT2D eigenvalue weighted by Gasteiger charge is 2.22. The van der Waals surface area contributed by atoms with E-state index in [0.717, 1.165) is 74.0 Å². The summed E-state index contributed by atoms with van der Waals surface area (Å²) in [6.45, 7) is 0. The van der Waals surface area contributed by atoms with E-state index in [2.05, 4.69) is 244 Å². The first-order valence-electron chi connectivity index (χ1n) is 24.1. The third kappa shape index (κ3) is 10.2. The summed E-state index contributed by atoms with van der Waals surface area (Å²) in [6.07, 6.45) is 0. The van der Waals surface area contributed by atoms with Crippen LogP contribution in [0.25, 0.3) is 0 Å². The lowest BCUT2D eigenvalue weighted by atomic mass is 10.1. The predicted octanol–water partition coefficient (Wildman–Crippen LogP) is 19.2. The molecular weight excluding hydrogens is 881 g/mol. The fraction of sp³-hybridized carbons (Fsp3) is 0. The van der Waals surface area contributed by atoms with Crippen LogP contribution in [0.3, 0.4) is 0 Å². The normalized spacial score (nSPS) is 10.8. The summed E-state index contributed by atoms with van der Waals surface area (Å²) in [5.41, 5.74) is 11.7. The molecule has 0 unspecified atom stereocenters. The number of nitrogens with zero attached hydrogens (tertiary/aromatic N) is 4. The molecule has 11 aromatic rings. The zero-order chi connectivity index (χ0) is 48.3. The van der Waals surface area contributed by atoms with Crippen LogP contribution in [0.2, 0.25) is 0 Å². The predicted molar refractivity (Wildman–Crippen MR) is 298 cm³/mol. The zero-order valence-corrected chi connectivity index (χ0v) is 39.5. The van der Waals surface area contributed by atoms with Crippen LogP contribution in [0.1, 0.15) is 0 Å². The third-order valence-corrected chi connectivity index (χ3v) is 12.2. The molecule has 0 aliphatic heterocycles. The van der Waals surface area contributed by atoms with Crippen molar-refractivity contribution in [3.8, 4) is 23.0 Å². The maximum absolute atomic E-state index is 7.13. The molecule has 11 rings (SSSR count). The first kappa shape index (κ1) is 44.7. The molecule has 0 fully saturated rings. The van der Waals surface area contributed by atoms with Crippen LogP contribution in [0, 0.1) is 0 Å². The van der Waals surface area contributed by atoms with Crippen LogP contribution < -0.4 is 29.1 Å². The van der Waals surface area contributed by atoms with Crippen LogP contribution in [0.15, 0.2) is 303 Å². The van der Waals surface area contributed by atoms with Crippen molar-refractivity contribution in [3.63, 3.8) is 0 Å². The molecule has 0 N–H and O–H groups in total. The van der Waals surface area contributed by atoms with Crippen molar-refractivity contribution in [1.29, 1.82) is 0 Å². The summed E-state index contributed by atoms with van der Waals surface area (Å²) in [7, 11) is 0. The molecule has 6 heteroatoms. The van der Waals surface area contributed by atoms with E-state index in [1.165, 1.54) is 0 Å². The van der Waals surface area contributed by atoms with E-state index < -0.39 is 0 Å². The molecule has 0 amide bonds. The Morgan fingerprint density at radius 1 is 0.153 bits per heavy atom. The average Bonchev–Trinajstić information content (AvgIpc) is 3.44. The summed E-state index contributed by atoms with van der Waals surface area (Å²) in [5, 5.41) is 0. The Balaban J connectivity index is 1.06. The molecule has 11 aromatic carbocycles. The maximum Gasteiger partial charge on any atom is 0.131 e. The maximum atomic E-state index is 7.13. The van der Waals surface area contributed by atoms with E-state index in [1.807, 2.05) is 78.9 Å². The van der Waals surface area contributed by atoms with Gasteiger partial charge in [-0.25, -0.2) is 0 Å². The molecule has 0 heterocycles. The van der Waals surface area contributed by atoms with Gasteiger partial charge in [0.1, 0.15) is 23.0 Å². The Morgan fingerprint density at radius 2 is 0.361 bits per heavy atom. The van der Waals surface area contributed by atoms with E-state index in [1.54, 1.807) is 0 Å². The minimum Gasteiger partial charge on any atom is -0.457 e. The van der Waals surface area contributed by atoms with Gasteiger partial charge in [-0.2, -0.15) is 0 Å². The number of rotatable bonds is 16. The van der Waals surface area contributed by atoms with Crippen LogP contribution in [-0.4, -0.2) is 0 Å². The lowest BCUT2D eigenvalue weighted by Crippen LogP contribution is -2.14. The highest BCUT2D eigenvalue weighted by Crippen LogP contribution is 2.46. The third-order valence-electron chi connectivity index (χ3n) is 12.2. The van der Waals surface area contributed by atoms with Gasteiger partial charge in [0.15, 0.2) is 0 Å². The molecule has 6 nitrogen and oxygen atoms in total. The molecule has 0 radical (unpaired) electrons. The number of ether oxygens (including phenoxy) is 2. The first-order valence-corrected chi connectivity index (χ1v) is 24.1. The Labute approximate surface area is 421 Å². The largest absolute Gasteiger partial charge is 0.457 e. The van der Waals surface area contributed by atoms with Gasteiger partial charge < -0.3 is 29.1 Å². The molecule has 0 atom stereocenters. The van der Waals surface area contributed by atoms with E-state index >= 15 is 0 Å². The van der Waals surface area contributed by atoms with E-state index in [-0.39, 0.29) is 0 Å². The number of hydrogen-bond acceptors (Lipinski definition) is 6. The van der Waals surface area contributed by atoms with Crippen molar-refractivity contribution >= 4 is 68.2 Å². The van der Waals surface area contributed by atoms with Crippen LogP contribution in [0.5, 0.6) is 23.0 Å². The SMILES string of the molecule is c1ccc(Oc2cc(N(c3ccccc3)c3ccccc3)cc(N(c3ccccc3)c3cccc(Oc4cc(N(c5ccccc5)c5ccccc5)cc(N(c5ccccc5)c5ccccc5)c4)c3)c2)cc1. The molecule has 0 aromatic heterocycles. The monoisotopic (exact) mass is 930 g/mol. The summed E-state index contributed by atoms with van der Waals surface area (Å²) >= 11 is 0. The summed E-state index contributed by atoms with van der Waals surface area (Å²) < 4.78 is 13.8. The van der Waals surface area contributed by atoms with Gasteiger partial charge in [-0.3, -0.25) is 0 Å². The average molecular weight is 931 g/mol. The minimum atomic E-state index is 0.667. The van der Waals surface area contributed by atoms with Crippen molar-refractivity contribution in [2.24, 2.45) is 0 Å². The van der Waals surface area contributed by atoms with E-state index in [4.69, 9.17) is 9.47 Å². The van der Waals surface area contributed by atoms with Crippen molar-refractivity contribution in [3.05, 3.63) is 303 Å². The highest BCUT2D eigenvalue weighted by atomic mass is 16.5. The van der Waals surface area contributed by atoms with Gasteiger partial charge in [0.25, 0.3) is 0 Å². The van der Waals surface area contributed by atoms with Crippen LogP contribution in [0.4, 0.5) is 68.2 Å². The minimum absolute atomic E-state index is 0.667. The van der Waals surface area contributed by atoms with E-state index in [0.29, 0.717) is 17.2 Å².